The Morgan fingerprint density at radius 3 is 2.50 bits per heavy atom. The summed E-state index contributed by atoms with van der Waals surface area (Å²) in [5.41, 5.74) is 7.31. The van der Waals surface area contributed by atoms with Gasteiger partial charge in [-0.05, 0) is 32.4 Å². The first-order valence-electron chi connectivity index (χ1n) is 5.15. The molecule has 0 fully saturated rings. The molecule has 16 heavy (non-hydrogen) atoms. The van der Waals surface area contributed by atoms with E-state index in [1.54, 1.807) is 26.0 Å². The van der Waals surface area contributed by atoms with Gasteiger partial charge >= 0.3 is 0 Å². The lowest BCUT2D eigenvalue weighted by atomic mass is 10.2. The van der Waals surface area contributed by atoms with Crippen LogP contribution in [-0.2, 0) is 10.0 Å². The number of rotatable bonds is 4. The van der Waals surface area contributed by atoms with Crippen molar-refractivity contribution >= 4 is 10.0 Å². The minimum absolute atomic E-state index is 0.194. The molecule has 5 heteroatoms. The molecule has 1 unspecified atom stereocenters. The molecule has 3 N–H and O–H groups in total. The lowest BCUT2D eigenvalue weighted by molar-refractivity contribution is 0.573. The first-order valence-corrected chi connectivity index (χ1v) is 6.64. The molecule has 0 aliphatic carbocycles. The monoisotopic (exact) mass is 242 g/mol. The fourth-order valence-corrected chi connectivity index (χ4v) is 2.79. The van der Waals surface area contributed by atoms with E-state index < -0.39 is 10.0 Å². The van der Waals surface area contributed by atoms with E-state index in [0.717, 1.165) is 11.1 Å². The Labute approximate surface area is 96.9 Å². The zero-order valence-corrected chi connectivity index (χ0v) is 10.6. The molecule has 0 bridgehead atoms. The average molecular weight is 242 g/mol. The summed E-state index contributed by atoms with van der Waals surface area (Å²) in [6.07, 6.45) is 0. The molecule has 1 atom stereocenters. The molecule has 0 saturated carbocycles. The third-order valence-corrected chi connectivity index (χ3v) is 3.80. The van der Waals surface area contributed by atoms with Gasteiger partial charge in [-0.25, -0.2) is 13.1 Å². The second-order valence-electron chi connectivity index (χ2n) is 4.10. The van der Waals surface area contributed by atoms with E-state index in [4.69, 9.17) is 5.73 Å². The maximum Gasteiger partial charge on any atom is 0.240 e. The largest absolute Gasteiger partial charge is 0.327 e. The van der Waals surface area contributed by atoms with Crippen LogP contribution in [0.3, 0.4) is 0 Å². The standard InChI is InChI=1S/C11H18N2O2S/c1-8-4-5-11(9(2)6-8)16(14,15)13-7-10(3)12/h4-6,10,13H,7,12H2,1-3H3. The molecule has 0 saturated heterocycles. The van der Waals surface area contributed by atoms with Crippen molar-refractivity contribution in [2.75, 3.05) is 6.54 Å². The fourth-order valence-electron chi connectivity index (χ4n) is 1.42. The van der Waals surface area contributed by atoms with Crippen LogP contribution in [0, 0.1) is 13.8 Å². The van der Waals surface area contributed by atoms with Crippen LogP contribution in [0.15, 0.2) is 23.1 Å². The number of nitrogens with one attached hydrogen (secondary N) is 1. The Kier molecular flexibility index (Phi) is 4.07. The second kappa shape index (κ2) is 4.95. The topological polar surface area (TPSA) is 72.2 Å². The molecule has 0 heterocycles. The number of hydrogen-bond acceptors (Lipinski definition) is 3. The van der Waals surface area contributed by atoms with E-state index in [9.17, 15) is 8.42 Å². The van der Waals surface area contributed by atoms with Gasteiger partial charge in [-0.2, -0.15) is 0 Å². The van der Waals surface area contributed by atoms with E-state index in [1.807, 2.05) is 13.0 Å². The Hall–Kier alpha value is -0.910. The predicted octanol–water partition coefficient (Wildman–Crippen LogP) is 0.929. The Morgan fingerprint density at radius 1 is 1.38 bits per heavy atom. The number of nitrogens with two attached hydrogens (primary N) is 1. The SMILES string of the molecule is Cc1ccc(S(=O)(=O)NCC(C)N)c(C)c1. The van der Waals surface area contributed by atoms with E-state index in [2.05, 4.69) is 4.72 Å². The van der Waals surface area contributed by atoms with Crippen LogP contribution in [0.25, 0.3) is 0 Å². The van der Waals surface area contributed by atoms with Crippen molar-refractivity contribution in [3.8, 4) is 0 Å². The molecular weight excluding hydrogens is 224 g/mol. The van der Waals surface area contributed by atoms with E-state index >= 15 is 0 Å². The average Bonchev–Trinajstić information content (AvgIpc) is 2.14. The smallest absolute Gasteiger partial charge is 0.240 e. The van der Waals surface area contributed by atoms with Crippen LogP contribution in [-0.4, -0.2) is 21.0 Å². The summed E-state index contributed by atoms with van der Waals surface area (Å²) in [4.78, 5) is 0.318. The first kappa shape index (κ1) is 13.2. The number of hydrogen-bond donors (Lipinski definition) is 2. The van der Waals surface area contributed by atoms with Crippen LogP contribution < -0.4 is 10.5 Å². The van der Waals surface area contributed by atoms with Crippen LogP contribution in [0.2, 0.25) is 0 Å². The van der Waals surface area contributed by atoms with Gasteiger partial charge in [-0.3, -0.25) is 0 Å². The molecule has 1 aromatic carbocycles. The van der Waals surface area contributed by atoms with Gasteiger partial charge in [0, 0.05) is 12.6 Å². The highest BCUT2D eigenvalue weighted by Crippen LogP contribution is 2.15. The molecule has 4 nitrogen and oxygen atoms in total. The van der Waals surface area contributed by atoms with Crippen molar-refractivity contribution in [2.24, 2.45) is 5.73 Å². The molecule has 0 spiro atoms. The van der Waals surface area contributed by atoms with Gasteiger partial charge < -0.3 is 5.73 Å². The fraction of sp³-hybridized carbons (Fsp3) is 0.455. The van der Waals surface area contributed by atoms with E-state index in [0.29, 0.717) is 4.90 Å². The molecular formula is C11H18N2O2S. The third kappa shape index (κ3) is 3.30. The molecule has 0 radical (unpaired) electrons. The lowest BCUT2D eigenvalue weighted by Gasteiger charge is -2.11. The van der Waals surface area contributed by atoms with Crippen molar-refractivity contribution in [1.29, 1.82) is 0 Å². The Morgan fingerprint density at radius 2 is 2.00 bits per heavy atom. The van der Waals surface area contributed by atoms with Crippen molar-refractivity contribution < 1.29 is 8.42 Å². The highest BCUT2D eigenvalue weighted by Gasteiger charge is 2.16. The van der Waals surface area contributed by atoms with Gasteiger partial charge in [0.15, 0.2) is 0 Å². The Bertz CT molecular complexity index is 467. The van der Waals surface area contributed by atoms with Crippen molar-refractivity contribution in [3.05, 3.63) is 29.3 Å². The number of sulfonamides is 1. The lowest BCUT2D eigenvalue weighted by Crippen LogP contribution is -2.35. The van der Waals surface area contributed by atoms with Gasteiger partial charge in [-0.1, -0.05) is 17.7 Å². The van der Waals surface area contributed by atoms with Gasteiger partial charge in [0.2, 0.25) is 10.0 Å². The minimum atomic E-state index is -3.43. The van der Waals surface area contributed by atoms with Crippen LogP contribution >= 0.6 is 0 Å². The van der Waals surface area contributed by atoms with E-state index in [-0.39, 0.29) is 12.6 Å². The van der Waals surface area contributed by atoms with Crippen LogP contribution in [0.5, 0.6) is 0 Å². The summed E-state index contributed by atoms with van der Waals surface area (Å²) < 4.78 is 26.3. The Balaban J connectivity index is 2.99. The molecule has 0 aliphatic rings. The quantitative estimate of drug-likeness (QED) is 0.825. The molecule has 0 amide bonds. The minimum Gasteiger partial charge on any atom is -0.327 e. The molecule has 1 aromatic rings. The molecule has 0 aromatic heterocycles. The van der Waals surface area contributed by atoms with Crippen molar-refractivity contribution in [3.63, 3.8) is 0 Å². The van der Waals surface area contributed by atoms with E-state index in [1.165, 1.54) is 0 Å². The zero-order valence-electron chi connectivity index (χ0n) is 9.82. The van der Waals surface area contributed by atoms with Gasteiger partial charge in [0.25, 0.3) is 0 Å². The number of benzene rings is 1. The van der Waals surface area contributed by atoms with Crippen molar-refractivity contribution in [2.45, 2.75) is 31.7 Å². The molecule has 90 valence electrons. The number of aryl methyl sites for hydroxylation is 2. The molecule has 1 rings (SSSR count). The summed E-state index contributed by atoms with van der Waals surface area (Å²) in [6.45, 7) is 5.71. The highest BCUT2D eigenvalue weighted by atomic mass is 32.2. The maximum atomic E-state index is 11.9. The summed E-state index contributed by atoms with van der Waals surface area (Å²) in [5.74, 6) is 0. The van der Waals surface area contributed by atoms with Crippen molar-refractivity contribution in [1.82, 2.24) is 4.72 Å². The highest BCUT2D eigenvalue weighted by molar-refractivity contribution is 7.89. The summed E-state index contributed by atoms with van der Waals surface area (Å²) in [5, 5.41) is 0. The maximum absolute atomic E-state index is 11.9. The summed E-state index contributed by atoms with van der Waals surface area (Å²) in [7, 11) is -3.43. The van der Waals surface area contributed by atoms with Crippen LogP contribution in [0.4, 0.5) is 0 Å². The van der Waals surface area contributed by atoms with Crippen LogP contribution in [0.1, 0.15) is 18.1 Å². The second-order valence-corrected chi connectivity index (χ2v) is 5.83. The normalized spacial score (nSPS) is 13.8. The first-order chi connectivity index (χ1) is 7.33. The molecule has 0 aliphatic heterocycles. The third-order valence-electron chi connectivity index (χ3n) is 2.22. The predicted molar refractivity (Wildman–Crippen MR) is 64.8 cm³/mol. The zero-order chi connectivity index (χ0) is 12.3. The summed E-state index contributed by atoms with van der Waals surface area (Å²) >= 11 is 0. The van der Waals surface area contributed by atoms with Gasteiger partial charge in [0.05, 0.1) is 4.90 Å². The summed E-state index contributed by atoms with van der Waals surface area (Å²) in [6, 6.07) is 5.06. The van der Waals surface area contributed by atoms with Gasteiger partial charge in [-0.15, -0.1) is 0 Å². The van der Waals surface area contributed by atoms with Gasteiger partial charge in [0.1, 0.15) is 0 Å².